The van der Waals surface area contributed by atoms with Gasteiger partial charge in [0.1, 0.15) is 0 Å². The van der Waals surface area contributed by atoms with Gasteiger partial charge in [0.2, 0.25) is 0 Å². The predicted molar refractivity (Wildman–Crippen MR) is 93.5 cm³/mol. The van der Waals surface area contributed by atoms with E-state index < -0.39 is 0 Å². The number of nitrogens with zero attached hydrogens (tertiary/aromatic N) is 3. The molecule has 23 heavy (non-hydrogen) atoms. The number of hydrogen-bond donors (Lipinski definition) is 0. The van der Waals surface area contributed by atoms with Crippen molar-refractivity contribution >= 4 is 0 Å². The monoisotopic (exact) mass is 307 g/mol. The summed E-state index contributed by atoms with van der Waals surface area (Å²) in [6.45, 7) is 7.86. The minimum Gasteiger partial charge on any atom is -0.297 e. The largest absolute Gasteiger partial charge is 0.297 e. The average molecular weight is 307 g/mol. The summed E-state index contributed by atoms with van der Waals surface area (Å²) < 4.78 is 0. The van der Waals surface area contributed by atoms with Crippen molar-refractivity contribution < 1.29 is 0 Å². The van der Waals surface area contributed by atoms with Crippen LogP contribution in [0.15, 0.2) is 42.6 Å². The number of benzene rings is 1. The molecule has 4 rings (SSSR count). The molecule has 1 aliphatic heterocycles. The van der Waals surface area contributed by atoms with Crippen LogP contribution < -0.4 is 0 Å². The minimum absolute atomic E-state index is 0.712. The van der Waals surface area contributed by atoms with Crippen molar-refractivity contribution in [1.29, 1.82) is 0 Å². The molecule has 2 aromatic rings. The van der Waals surface area contributed by atoms with Crippen molar-refractivity contribution in [3.63, 3.8) is 0 Å². The van der Waals surface area contributed by atoms with Gasteiger partial charge in [0.05, 0.1) is 5.69 Å². The molecule has 1 aromatic heterocycles. The number of aryl methyl sites for hydroxylation is 1. The summed E-state index contributed by atoms with van der Waals surface area (Å²) in [5.41, 5.74) is 5.72. The fourth-order valence-electron chi connectivity index (χ4n) is 3.99. The standard InChI is InChI=1S/C20H25N3/c1-16-5-6-17-13-20(14-18(17)12-16)23-10-8-22(9-11-23)15-19-4-2-3-7-21-19/h2-7,12,20H,8-11,13-15H2,1H3. The maximum Gasteiger partial charge on any atom is 0.0543 e. The second-order valence-electron chi connectivity index (χ2n) is 6.97. The third-order valence-electron chi connectivity index (χ3n) is 5.31. The molecular weight excluding hydrogens is 282 g/mol. The van der Waals surface area contributed by atoms with Gasteiger partial charge in [0.25, 0.3) is 0 Å². The maximum absolute atomic E-state index is 4.45. The summed E-state index contributed by atoms with van der Waals surface area (Å²) in [5.74, 6) is 0. The van der Waals surface area contributed by atoms with E-state index in [4.69, 9.17) is 0 Å². The quantitative estimate of drug-likeness (QED) is 0.869. The summed E-state index contributed by atoms with van der Waals surface area (Å²) in [6.07, 6.45) is 4.36. The summed E-state index contributed by atoms with van der Waals surface area (Å²) in [6, 6.07) is 13.9. The van der Waals surface area contributed by atoms with Crippen LogP contribution in [-0.4, -0.2) is 47.0 Å². The zero-order valence-corrected chi connectivity index (χ0v) is 13.9. The minimum atomic E-state index is 0.712. The van der Waals surface area contributed by atoms with Gasteiger partial charge in [-0.3, -0.25) is 14.8 Å². The third-order valence-corrected chi connectivity index (χ3v) is 5.31. The number of hydrogen-bond acceptors (Lipinski definition) is 3. The predicted octanol–water partition coefficient (Wildman–Crippen LogP) is 2.68. The average Bonchev–Trinajstić information content (AvgIpc) is 2.99. The lowest BCUT2D eigenvalue weighted by Gasteiger charge is -2.37. The Bertz CT molecular complexity index is 660. The molecule has 120 valence electrons. The highest BCUT2D eigenvalue weighted by atomic mass is 15.3. The molecule has 2 heterocycles. The van der Waals surface area contributed by atoms with Gasteiger partial charge < -0.3 is 0 Å². The van der Waals surface area contributed by atoms with Crippen LogP contribution in [-0.2, 0) is 19.4 Å². The molecule has 3 heteroatoms. The smallest absolute Gasteiger partial charge is 0.0543 e. The van der Waals surface area contributed by atoms with Gasteiger partial charge in [0.15, 0.2) is 0 Å². The second kappa shape index (κ2) is 6.42. The van der Waals surface area contributed by atoms with Crippen LogP contribution in [0.2, 0.25) is 0 Å². The molecule has 1 fully saturated rings. The summed E-state index contributed by atoms with van der Waals surface area (Å²) in [5, 5.41) is 0. The molecule has 0 radical (unpaired) electrons. The SMILES string of the molecule is Cc1ccc2c(c1)CC(N1CCN(Cc3ccccn3)CC1)C2. The van der Waals surface area contributed by atoms with Crippen molar-refractivity contribution in [2.24, 2.45) is 0 Å². The van der Waals surface area contributed by atoms with Crippen LogP contribution in [0.4, 0.5) is 0 Å². The molecule has 0 amide bonds. The number of pyridine rings is 1. The Kier molecular flexibility index (Phi) is 4.15. The first-order valence-corrected chi connectivity index (χ1v) is 8.73. The molecule has 0 N–H and O–H groups in total. The van der Waals surface area contributed by atoms with Crippen molar-refractivity contribution in [2.45, 2.75) is 32.4 Å². The van der Waals surface area contributed by atoms with E-state index in [9.17, 15) is 0 Å². The van der Waals surface area contributed by atoms with Crippen molar-refractivity contribution in [3.8, 4) is 0 Å². The number of fused-ring (bicyclic) bond motifs is 1. The summed E-state index contributed by atoms with van der Waals surface area (Å²) in [4.78, 5) is 9.68. The first kappa shape index (κ1) is 14.9. The van der Waals surface area contributed by atoms with Crippen LogP contribution in [0.25, 0.3) is 0 Å². The van der Waals surface area contributed by atoms with Gasteiger partial charge >= 0.3 is 0 Å². The lowest BCUT2D eigenvalue weighted by atomic mass is 10.1. The third kappa shape index (κ3) is 3.31. The highest BCUT2D eigenvalue weighted by Crippen LogP contribution is 2.27. The first-order chi connectivity index (χ1) is 11.3. The number of rotatable bonds is 3. The van der Waals surface area contributed by atoms with Gasteiger partial charge in [-0.1, -0.05) is 29.8 Å². The van der Waals surface area contributed by atoms with Crippen molar-refractivity contribution in [2.75, 3.05) is 26.2 Å². The van der Waals surface area contributed by atoms with E-state index in [2.05, 4.69) is 52.0 Å². The van der Waals surface area contributed by atoms with Crippen LogP contribution in [0.1, 0.15) is 22.4 Å². The fraction of sp³-hybridized carbons (Fsp3) is 0.450. The maximum atomic E-state index is 4.45. The Labute approximate surface area is 139 Å². The van der Waals surface area contributed by atoms with E-state index in [0.29, 0.717) is 6.04 Å². The Hall–Kier alpha value is -1.71. The molecule has 1 aliphatic carbocycles. The van der Waals surface area contributed by atoms with Gasteiger partial charge in [-0.15, -0.1) is 0 Å². The highest BCUT2D eigenvalue weighted by molar-refractivity contribution is 5.36. The highest BCUT2D eigenvalue weighted by Gasteiger charge is 2.29. The normalized spacial score (nSPS) is 22.2. The van der Waals surface area contributed by atoms with E-state index in [1.807, 2.05) is 12.3 Å². The zero-order chi connectivity index (χ0) is 15.6. The van der Waals surface area contributed by atoms with E-state index >= 15 is 0 Å². The van der Waals surface area contributed by atoms with Crippen LogP contribution >= 0.6 is 0 Å². The molecule has 2 aliphatic rings. The second-order valence-corrected chi connectivity index (χ2v) is 6.97. The summed E-state index contributed by atoms with van der Waals surface area (Å²) in [7, 11) is 0. The Morgan fingerprint density at radius 1 is 1.00 bits per heavy atom. The Balaban J connectivity index is 1.32. The van der Waals surface area contributed by atoms with Gasteiger partial charge in [-0.2, -0.15) is 0 Å². The lowest BCUT2D eigenvalue weighted by molar-refractivity contribution is 0.0942. The molecule has 1 saturated heterocycles. The van der Waals surface area contributed by atoms with Gasteiger partial charge in [-0.25, -0.2) is 0 Å². The van der Waals surface area contributed by atoms with E-state index in [0.717, 1.165) is 19.6 Å². The molecule has 0 spiro atoms. The first-order valence-electron chi connectivity index (χ1n) is 8.73. The molecular formula is C20H25N3. The van der Waals surface area contributed by atoms with E-state index in [-0.39, 0.29) is 0 Å². The van der Waals surface area contributed by atoms with Crippen molar-refractivity contribution in [3.05, 3.63) is 65.0 Å². The number of piperazine rings is 1. The van der Waals surface area contributed by atoms with E-state index in [1.54, 1.807) is 11.1 Å². The van der Waals surface area contributed by atoms with Crippen LogP contribution in [0, 0.1) is 6.92 Å². The molecule has 3 nitrogen and oxygen atoms in total. The Morgan fingerprint density at radius 2 is 1.83 bits per heavy atom. The fourth-order valence-corrected chi connectivity index (χ4v) is 3.99. The summed E-state index contributed by atoms with van der Waals surface area (Å²) >= 11 is 0. The van der Waals surface area contributed by atoms with Crippen LogP contribution in [0.3, 0.4) is 0 Å². The molecule has 1 unspecified atom stereocenters. The van der Waals surface area contributed by atoms with Crippen molar-refractivity contribution in [1.82, 2.24) is 14.8 Å². The van der Waals surface area contributed by atoms with Gasteiger partial charge in [-0.05, 0) is 43.0 Å². The lowest BCUT2D eigenvalue weighted by Crippen LogP contribution is -2.50. The Morgan fingerprint density at radius 3 is 2.61 bits per heavy atom. The van der Waals surface area contributed by atoms with E-state index in [1.165, 1.54) is 37.2 Å². The van der Waals surface area contributed by atoms with Gasteiger partial charge in [0, 0.05) is 45.0 Å². The topological polar surface area (TPSA) is 19.4 Å². The number of aromatic nitrogens is 1. The molecule has 1 atom stereocenters. The molecule has 0 bridgehead atoms. The zero-order valence-electron chi connectivity index (χ0n) is 13.9. The molecule has 0 saturated carbocycles. The molecule has 1 aromatic carbocycles. The van der Waals surface area contributed by atoms with Crippen LogP contribution in [0.5, 0.6) is 0 Å².